The summed E-state index contributed by atoms with van der Waals surface area (Å²) in [4.78, 5) is 10.5. The van der Waals surface area contributed by atoms with Crippen molar-refractivity contribution in [3.05, 3.63) is 33.4 Å². The summed E-state index contributed by atoms with van der Waals surface area (Å²) in [5.74, 6) is 0. The van der Waals surface area contributed by atoms with Crippen LogP contribution >= 0.6 is 0 Å². The van der Waals surface area contributed by atoms with E-state index in [1.54, 1.807) is 33.3 Å². The Labute approximate surface area is 112 Å². The molecule has 0 aliphatic heterocycles. The minimum atomic E-state index is -0.380. The number of hydrogen-bond acceptors (Lipinski definition) is 5. The molecule has 1 unspecified atom stereocenters. The number of anilines is 1. The summed E-state index contributed by atoms with van der Waals surface area (Å²) < 4.78 is 10.3. The summed E-state index contributed by atoms with van der Waals surface area (Å²) >= 11 is 0. The molecule has 19 heavy (non-hydrogen) atoms. The minimum Gasteiger partial charge on any atom is -0.377 e. The molecule has 0 bridgehead atoms. The zero-order valence-electron chi connectivity index (χ0n) is 11.9. The maximum atomic E-state index is 10.9. The molecule has 1 aromatic carbocycles. The molecule has 106 valence electrons. The molecule has 0 spiro atoms. The number of ether oxygens (including phenoxy) is 2. The normalized spacial score (nSPS) is 12.5. The lowest BCUT2D eigenvalue weighted by molar-refractivity contribution is -0.385. The smallest absolute Gasteiger partial charge is 0.272 e. The maximum Gasteiger partial charge on any atom is 0.272 e. The zero-order valence-corrected chi connectivity index (χ0v) is 11.9. The molecular formula is C13H20N2O4. The van der Waals surface area contributed by atoms with E-state index in [0.717, 1.165) is 11.3 Å². The quantitative estimate of drug-likeness (QED) is 0.487. The molecule has 1 rings (SSSR count). The first kappa shape index (κ1) is 15.4. The van der Waals surface area contributed by atoms with Gasteiger partial charge in [0.25, 0.3) is 5.69 Å². The van der Waals surface area contributed by atoms with Crippen molar-refractivity contribution in [2.45, 2.75) is 33.1 Å². The molecule has 0 radical (unpaired) electrons. The predicted octanol–water partition coefficient (Wildman–Crippen LogP) is 2.63. The van der Waals surface area contributed by atoms with E-state index in [0.29, 0.717) is 5.56 Å². The summed E-state index contributed by atoms with van der Waals surface area (Å²) in [7, 11) is 3.14. The third-order valence-corrected chi connectivity index (χ3v) is 3.00. The van der Waals surface area contributed by atoms with Crippen LogP contribution in [0.5, 0.6) is 0 Å². The first-order chi connectivity index (χ1) is 8.90. The van der Waals surface area contributed by atoms with Crippen LogP contribution in [0, 0.1) is 24.0 Å². The van der Waals surface area contributed by atoms with Crippen molar-refractivity contribution in [3.8, 4) is 0 Å². The molecule has 0 saturated carbocycles. The second kappa shape index (κ2) is 6.49. The molecule has 0 aromatic heterocycles. The monoisotopic (exact) mass is 268 g/mol. The standard InChI is InChI=1S/C13H20N2O4/c1-8-7-12(15(16)17)9(2)6-11(8)14-10(3)13(18-4)19-5/h6-7,10,13-14H,1-5H3. The van der Waals surface area contributed by atoms with Crippen LogP contribution in [-0.4, -0.2) is 31.5 Å². The number of nitrogens with one attached hydrogen (secondary N) is 1. The van der Waals surface area contributed by atoms with Crippen LogP contribution in [0.3, 0.4) is 0 Å². The predicted molar refractivity (Wildman–Crippen MR) is 73.5 cm³/mol. The van der Waals surface area contributed by atoms with E-state index in [2.05, 4.69) is 5.32 Å². The number of nitro groups is 1. The highest BCUT2D eigenvalue weighted by atomic mass is 16.7. The van der Waals surface area contributed by atoms with Crippen molar-refractivity contribution in [1.82, 2.24) is 0 Å². The topological polar surface area (TPSA) is 73.6 Å². The Morgan fingerprint density at radius 3 is 2.26 bits per heavy atom. The summed E-state index contributed by atoms with van der Waals surface area (Å²) in [6.07, 6.45) is -0.380. The van der Waals surface area contributed by atoms with E-state index < -0.39 is 0 Å². The Kier molecular flexibility index (Phi) is 5.26. The van der Waals surface area contributed by atoms with Crippen molar-refractivity contribution in [1.29, 1.82) is 0 Å². The molecule has 0 aliphatic rings. The van der Waals surface area contributed by atoms with Gasteiger partial charge < -0.3 is 14.8 Å². The fourth-order valence-corrected chi connectivity index (χ4v) is 1.97. The summed E-state index contributed by atoms with van der Waals surface area (Å²) in [6, 6.07) is 3.26. The Bertz CT molecular complexity index is 458. The Hall–Kier alpha value is -1.66. The molecular weight excluding hydrogens is 248 g/mol. The summed E-state index contributed by atoms with van der Waals surface area (Å²) in [6.45, 7) is 5.47. The molecule has 1 N–H and O–H groups in total. The van der Waals surface area contributed by atoms with Crippen molar-refractivity contribution < 1.29 is 14.4 Å². The number of rotatable bonds is 6. The van der Waals surface area contributed by atoms with Gasteiger partial charge in [-0.3, -0.25) is 10.1 Å². The van der Waals surface area contributed by atoms with E-state index >= 15 is 0 Å². The molecule has 0 amide bonds. The number of nitro benzene ring substituents is 1. The van der Waals surface area contributed by atoms with Gasteiger partial charge in [0.2, 0.25) is 0 Å². The molecule has 1 aromatic rings. The van der Waals surface area contributed by atoms with Crippen LogP contribution in [0.25, 0.3) is 0 Å². The van der Waals surface area contributed by atoms with Crippen molar-refractivity contribution in [2.75, 3.05) is 19.5 Å². The lowest BCUT2D eigenvalue weighted by Gasteiger charge is -2.24. The van der Waals surface area contributed by atoms with Gasteiger partial charge in [0.15, 0.2) is 6.29 Å². The number of hydrogen-bond donors (Lipinski definition) is 1. The van der Waals surface area contributed by atoms with E-state index in [9.17, 15) is 10.1 Å². The van der Waals surface area contributed by atoms with Gasteiger partial charge in [0.1, 0.15) is 0 Å². The van der Waals surface area contributed by atoms with Crippen molar-refractivity contribution >= 4 is 11.4 Å². The zero-order chi connectivity index (χ0) is 14.6. The van der Waals surface area contributed by atoms with Crippen molar-refractivity contribution in [2.24, 2.45) is 0 Å². The van der Waals surface area contributed by atoms with Gasteiger partial charge in [-0.25, -0.2) is 0 Å². The maximum absolute atomic E-state index is 10.9. The summed E-state index contributed by atoms with van der Waals surface area (Å²) in [5, 5.41) is 14.1. The lowest BCUT2D eigenvalue weighted by atomic mass is 10.1. The Balaban J connectivity index is 2.97. The van der Waals surface area contributed by atoms with Gasteiger partial charge in [0, 0.05) is 31.5 Å². The van der Waals surface area contributed by atoms with Gasteiger partial charge in [-0.05, 0) is 32.4 Å². The number of nitrogens with zero attached hydrogens (tertiary/aromatic N) is 1. The first-order valence-corrected chi connectivity index (χ1v) is 5.98. The molecule has 0 heterocycles. The Morgan fingerprint density at radius 1 is 1.21 bits per heavy atom. The van der Waals surface area contributed by atoms with Crippen LogP contribution in [-0.2, 0) is 9.47 Å². The SMILES string of the molecule is COC(OC)C(C)Nc1cc(C)c([N+](=O)[O-])cc1C. The molecule has 1 atom stereocenters. The van der Waals surface area contributed by atoms with Crippen LogP contribution in [0.1, 0.15) is 18.1 Å². The molecule has 0 aliphatic carbocycles. The molecule has 6 heteroatoms. The van der Waals surface area contributed by atoms with E-state index in [1.165, 1.54) is 0 Å². The molecule has 0 saturated heterocycles. The average Bonchev–Trinajstić information content (AvgIpc) is 2.34. The molecule has 0 fully saturated rings. The van der Waals surface area contributed by atoms with Crippen LogP contribution < -0.4 is 5.32 Å². The van der Waals surface area contributed by atoms with Gasteiger partial charge >= 0.3 is 0 Å². The van der Waals surface area contributed by atoms with E-state index in [-0.39, 0.29) is 22.9 Å². The highest BCUT2D eigenvalue weighted by Gasteiger charge is 2.18. The highest BCUT2D eigenvalue weighted by molar-refractivity contribution is 5.59. The minimum absolute atomic E-state index is 0.0745. The second-order valence-electron chi connectivity index (χ2n) is 4.48. The summed E-state index contributed by atoms with van der Waals surface area (Å²) in [5.41, 5.74) is 2.41. The average molecular weight is 268 g/mol. The lowest BCUT2D eigenvalue weighted by Crippen LogP contribution is -2.34. The van der Waals surface area contributed by atoms with Crippen molar-refractivity contribution in [3.63, 3.8) is 0 Å². The number of aryl methyl sites for hydroxylation is 2. The highest BCUT2D eigenvalue weighted by Crippen LogP contribution is 2.26. The largest absolute Gasteiger partial charge is 0.377 e. The van der Waals surface area contributed by atoms with Crippen LogP contribution in [0.4, 0.5) is 11.4 Å². The van der Waals surface area contributed by atoms with Crippen LogP contribution in [0.15, 0.2) is 12.1 Å². The van der Waals surface area contributed by atoms with Gasteiger partial charge in [-0.15, -0.1) is 0 Å². The fraction of sp³-hybridized carbons (Fsp3) is 0.538. The van der Waals surface area contributed by atoms with Gasteiger partial charge in [-0.1, -0.05) is 0 Å². The molecule has 6 nitrogen and oxygen atoms in total. The first-order valence-electron chi connectivity index (χ1n) is 5.98. The van der Waals surface area contributed by atoms with Gasteiger partial charge in [-0.2, -0.15) is 0 Å². The second-order valence-corrected chi connectivity index (χ2v) is 4.48. The third-order valence-electron chi connectivity index (χ3n) is 3.00. The number of methoxy groups -OCH3 is 2. The fourth-order valence-electron chi connectivity index (χ4n) is 1.97. The van der Waals surface area contributed by atoms with Gasteiger partial charge in [0.05, 0.1) is 11.0 Å². The van der Waals surface area contributed by atoms with E-state index in [1.807, 2.05) is 13.8 Å². The third kappa shape index (κ3) is 3.65. The number of benzene rings is 1. The van der Waals surface area contributed by atoms with E-state index in [4.69, 9.17) is 9.47 Å². The Morgan fingerprint density at radius 2 is 1.79 bits per heavy atom. The van der Waals surface area contributed by atoms with Crippen LogP contribution in [0.2, 0.25) is 0 Å².